The molecule has 86 valence electrons. The molecule has 6 heteroatoms. The van der Waals surface area contributed by atoms with Crippen molar-refractivity contribution in [3.63, 3.8) is 0 Å². The van der Waals surface area contributed by atoms with E-state index < -0.39 is 28.0 Å². The summed E-state index contributed by atoms with van der Waals surface area (Å²) in [6, 6.07) is 0. The normalized spacial score (nSPS) is 22.7. The Hall–Kier alpha value is 1.45. The summed E-state index contributed by atoms with van der Waals surface area (Å²) >= 11 is 13.9. The van der Waals surface area contributed by atoms with E-state index in [1.165, 1.54) is 0 Å². The van der Waals surface area contributed by atoms with Gasteiger partial charge in [0.25, 0.3) is 0 Å². The third kappa shape index (κ3) is 2.57. The molecule has 0 saturated heterocycles. The second-order valence-corrected chi connectivity index (χ2v) is 51.9. The zero-order valence-corrected chi connectivity index (χ0v) is 16.3. The van der Waals surface area contributed by atoms with E-state index in [-0.39, 0.29) is 0 Å². The van der Waals surface area contributed by atoms with Gasteiger partial charge in [0.2, 0.25) is 0 Å². The molecule has 0 rings (SSSR count). The molecule has 0 bridgehead atoms. The number of hydrogen-bond donors (Lipinski definition) is 0. The Kier molecular flexibility index (Phi) is 4.45. The van der Waals surface area contributed by atoms with Crippen LogP contribution in [0.4, 0.5) is 0 Å². The van der Waals surface area contributed by atoms with Crippen LogP contribution in [-0.2, 0) is 0 Å². The van der Waals surface area contributed by atoms with E-state index in [0.29, 0.717) is 0 Å². The molecule has 0 heterocycles. The van der Waals surface area contributed by atoms with E-state index in [2.05, 4.69) is 52.4 Å². The van der Waals surface area contributed by atoms with Crippen LogP contribution in [0.15, 0.2) is 0 Å². The van der Waals surface area contributed by atoms with Gasteiger partial charge in [0.05, 0.1) is 15.2 Å². The third-order valence-corrected chi connectivity index (χ3v) is 78.8. The van der Waals surface area contributed by atoms with Gasteiger partial charge in [-0.25, -0.2) is 0 Å². The lowest BCUT2D eigenvalue weighted by Gasteiger charge is -2.47. The summed E-state index contributed by atoms with van der Waals surface area (Å²) in [5, 5.41) is 0. The molecule has 0 aromatic carbocycles. The highest BCUT2D eigenvalue weighted by Gasteiger charge is 2.60. The van der Waals surface area contributed by atoms with Crippen molar-refractivity contribution in [3.8, 4) is 0 Å². The lowest BCUT2D eigenvalue weighted by atomic mass is 11.8. The van der Waals surface area contributed by atoms with Crippen molar-refractivity contribution in [2.75, 3.05) is 0 Å². The maximum atomic E-state index is 6.95. The monoisotopic (exact) mass is 302 g/mol. The highest BCUT2D eigenvalue weighted by molar-refractivity contribution is 8.01. The first kappa shape index (κ1) is 15.4. The van der Waals surface area contributed by atoms with Crippen molar-refractivity contribution in [2.24, 2.45) is 0 Å². The van der Waals surface area contributed by atoms with Gasteiger partial charge in [0.1, 0.15) is 0 Å². The van der Waals surface area contributed by atoms with Crippen molar-refractivity contribution in [2.45, 2.75) is 52.4 Å². The summed E-state index contributed by atoms with van der Waals surface area (Å²) < 4.78 is 0. The highest BCUT2D eigenvalue weighted by Crippen LogP contribution is 2.40. The van der Waals surface area contributed by atoms with Crippen LogP contribution < -0.4 is 0 Å². The van der Waals surface area contributed by atoms with E-state index in [4.69, 9.17) is 22.2 Å². The summed E-state index contributed by atoms with van der Waals surface area (Å²) in [5.41, 5.74) is 0. The molecular weight excluding hydrogens is 279 g/mol. The van der Waals surface area contributed by atoms with Crippen molar-refractivity contribution < 1.29 is 0 Å². The average Bonchev–Trinajstić information content (AvgIpc) is 1.81. The van der Waals surface area contributed by atoms with Crippen LogP contribution in [0.25, 0.3) is 0 Å². The summed E-state index contributed by atoms with van der Waals surface area (Å²) in [6.07, 6.45) is -3.38. The van der Waals surface area contributed by atoms with Crippen LogP contribution in [0.2, 0.25) is 52.4 Å². The first-order valence-electron chi connectivity index (χ1n) is 5.13. The predicted molar refractivity (Wildman–Crippen MR) is 81.6 cm³/mol. The predicted octanol–water partition coefficient (Wildman–Crippen LogP) is 4.53. The van der Waals surface area contributed by atoms with Crippen LogP contribution in [0.3, 0.4) is 0 Å². The fourth-order valence-electron chi connectivity index (χ4n) is 1.41. The van der Waals surface area contributed by atoms with Crippen molar-refractivity contribution in [1.82, 2.24) is 0 Å². The summed E-state index contributed by atoms with van der Waals surface area (Å²) in [5.74, 6) is 0. The highest BCUT2D eigenvalue weighted by atomic mass is 35.6. The Morgan fingerprint density at radius 1 is 0.500 bits per heavy atom. The maximum Gasteiger partial charge on any atom is 0.150 e. The molecule has 0 aromatic heterocycles. The molecule has 0 radical (unpaired) electrons. The van der Waals surface area contributed by atoms with Gasteiger partial charge in [-0.05, 0) is 0 Å². The van der Waals surface area contributed by atoms with Gasteiger partial charge in [-0.2, -0.15) is 22.2 Å². The Balaban J connectivity index is 5.30. The van der Waals surface area contributed by atoms with Crippen LogP contribution in [0, 0.1) is 0 Å². The lowest BCUT2D eigenvalue weighted by molar-refractivity contribution is 1.79. The molecule has 2 unspecified atom stereocenters. The van der Waals surface area contributed by atoms with Gasteiger partial charge in [-0.15, -0.1) is 0 Å². The molecule has 14 heavy (non-hydrogen) atoms. The van der Waals surface area contributed by atoms with E-state index in [9.17, 15) is 0 Å². The number of rotatable bonds is 3. The van der Waals surface area contributed by atoms with Gasteiger partial charge in [-0.1, -0.05) is 52.4 Å². The molecule has 0 spiro atoms. The minimum atomic E-state index is -1.69. The Bertz CT molecular complexity index is 188. The first-order valence-corrected chi connectivity index (χ1v) is 22.2. The lowest BCUT2D eigenvalue weighted by Crippen LogP contribution is -2.75. The molecule has 0 fully saturated rings. The fourth-order valence-corrected chi connectivity index (χ4v) is 73.6. The summed E-state index contributed by atoms with van der Waals surface area (Å²) in [4.78, 5) is 0. The zero-order valence-electron chi connectivity index (χ0n) is 10.8. The Labute approximate surface area is 102 Å². The molecule has 0 aliphatic rings. The minimum Gasteiger partial charge on any atom is -0.173 e. The zero-order chi connectivity index (χ0) is 12.0. The maximum absolute atomic E-state index is 6.95. The van der Waals surface area contributed by atoms with Gasteiger partial charge in [0, 0.05) is 0 Å². The fraction of sp³-hybridized carbons (Fsp3) is 1.00. The Morgan fingerprint density at radius 2 is 0.643 bits per heavy atom. The largest absolute Gasteiger partial charge is 0.173 e. The summed E-state index contributed by atoms with van der Waals surface area (Å²) in [7, 11) is -2.52. The quantitative estimate of drug-likeness (QED) is 0.531. The van der Waals surface area contributed by atoms with Gasteiger partial charge in [0.15, 0.2) is 12.8 Å². The standard InChI is InChI=1S/C8H24Cl2Si4/c1-11(2,3)13(7,9)14(8,10)12(4,5)6/h1-8H3. The second-order valence-electron chi connectivity index (χ2n) is 6.51. The average molecular weight is 304 g/mol. The topological polar surface area (TPSA) is 0 Å². The molecule has 0 nitrogen and oxygen atoms in total. The van der Waals surface area contributed by atoms with Crippen LogP contribution in [0.5, 0.6) is 0 Å². The van der Waals surface area contributed by atoms with Crippen LogP contribution >= 0.6 is 22.2 Å². The van der Waals surface area contributed by atoms with Gasteiger partial charge in [-0.3, -0.25) is 0 Å². The Morgan fingerprint density at radius 3 is 0.714 bits per heavy atom. The molecule has 0 aliphatic heterocycles. The SMILES string of the molecule is C[Si](C)(C)[Si](C)(Cl)[Si](C)(Cl)[Si](C)(C)C. The number of halogens is 2. The number of hydrogen-bond acceptors (Lipinski definition) is 0. The molecule has 0 amide bonds. The third-order valence-electron chi connectivity index (χ3n) is 3.70. The molecule has 2 atom stereocenters. The summed E-state index contributed by atoms with van der Waals surface area (Å²) in [6.45, 7) is 19.0. The second kappa shape index (κ2) is 4.03. The van der Waals surface area contributed by atoms with Crippen molar-refractivity contribution >= 4 is 50.2 Å². The molecule has 0 saturated carbocycles. The van der Waals surface area contributed by atoms with Gasteiger partial charge < -0.3 is 0 Å². The van der Waals surface area contributed by atoms with Gasteiger partial charge >= 0.3 is 0 Å². The van der Waals surface area contributed by atoms with E-state index in [1.54, 1.807) is 0 Å². The van der Waals surface area contributed by atoms with Crippen LogP contribution in [-0.4, -0.2) is 28.0 Å². The molecule has 0 aliphatic carbocycles. The van der Waals surface area contributed by atoms with E-state index in [0.717, 1.165) is 0 Å². The van der Waals surface area contributed by atoms with Crippen molar-refractivity contribution in [1.29, 1.82) is 0 Å². The molecular formula is C8H24Cl2Si4. The van der Waals surface area contributed by atoms with Crippen molar-refractivity contribution in [3.05, 3.63) is 0 Å². The van der Waals surface area contributed by atoms with E-state index in [1.807, 2.05) is 0 Å². The minimum absolute atomic E-state index is 1.26. The smallest absolute Gasteiger partial charge is 0.150 e. The van der Waals surface area contributed by atoms with E-state index >= 15 is 0 Å². The first-order chi connectivity index (χ1) is 5.75. The van der Waals surface area contributed by atoms with Crippen LogP contribution in [0.1, 0.15) is 0 Å². The molecule has 0 aromatic rings. The molecule has 0 N–H and O–H groups in total.